The molecule has 0 aromatic heterocycles. The fourth-order valence-corrected chi connectivity index (χ4v) is 5.46. The first-order chi connectivity index (χ1) is 7.34. The molecule has 0 radical (unpaired) electrons. The molecule has 3 aliphatic carbocycles. The smallest absolute Gasteiger partial charge is 0.0755 e. The van der Waals surface area contributed by atoms with E-state index in [4.69, 9.17) is 0 Å². The van der Waals surface area contributed by atoms with Gasteiger partial charge < -0.3 is 5.11 Å². The normalized spacial score (nSPS) is 60.1. The summed E-state index contributed by atoms with van der Waals surface area (Å²) in [4.78, 5) is 0. The molecule has 1 heteroatoms. The highest BCUT2D eigenvalue weighted by molar-refractivity contribution is 5.29. The van der Waals surface area contributed by atoms with Gasteiger partial charge in [0, 0.05) is 0 Å². The second-order valence-electron chi connectivity index (χ2n) is 7.22. The molecule has 1 N–H and O–H groups in total. The first kappa shape index (κ1) is 10.8. The summed E-state index contributed by atoms with van der Waals surface area (Å²) in [5.41, 5.74) is 2.29. The van der Waals surface area contributed by atoms with Gasteiger partial charge in [-0.15, -0.1) is 0 Å². The molecule has 0 aromatic rings. The molecule has 0 heterocycles. The van der Waals surface area contributed by atoms with Crippen molar-refractivity contribution in [2.75, 3.05) is 0 Å². The zero-order valence-electron chi connectivity index (χ0n) is 10.8. The first-order valence-electron chi connectivity index (χ1n) is 6.71. The molecule has 0 amide bonds. The Kier molecular flexibility index (Phi) is 1.86. The fraction of sp³-hybridized carbons (Fsp3) is 0.867. The topological polar surface area (TPSA) is 20.2 Å². The maximum atomic E-state index is 10.2. The molecule has 0 aromatic carbocycles. The van der Waals surface area contributed by atoms with E-state index in [1.165, 1.54) is 25.7 Å². The van der Waals surface area contributed by atoms with Crippen molar-refractivity contribution in [1.82, 2.24) is 0 Å². The number of hydrogen-bond donors (Lipinski definition) is 1. The Balaban J connectivity index is 2.16. The lowest BCUT2D eigenvalue weighted by Gasteiger charge is -2.45. The molecule has 4 unspecified atom stereocenters. The zero-order valence-corrected chi connectivity index (χ0v) is 10.8. The molecule has 3 saturated carbocycles. The van der Waals surface area contributed by atoms with Crippen LogP contribution in [0.5, 0.6) is 0 Å². The van der Waals surface area contributed by atoms with Crippen LogP contribution in [0.1, 0.15) is 52.9 Å². The van der Waals surface area contributed by atoms with E-state index >= 15 is 0 Å². The second kappa shape index (κ2) is 2.75. The molecular formula is C15H24O. The average molecular weight is 220 g/mol. The summed E-state index contributed by atoms with van der Waals surface area (Å²) in [6.07, 6.45) is 5.99. The molecule has 90 valence electrons. The summed E-state index contributed by atoms with van der Waals surface area (Å²) >= 11 is 0. The Bertz CT molecular complexity index is 360. The monoisotopic (exact) mass is 220 g/mol. The Morgan fingerprint density at radius 1 is 1.19 bits per heavy atom. The molecule has 3 fully saturated rings. The second-order valence-corrected chi connectivity index (χ2v) is 7.22. The van der Waals surface area contributed by atoms with Gasteiger partial charge in [-0.2, -0.15) is 0 Å². The standard InChI is InChI=1S/C15H24O/c1-10-11-8-13(2,9-12(10)16)15(4)7-5-6-14(11,15)3/h11-12,16H,1,5-9H2,2-4H3/t11?,12-,13?,14?,15?/m1/s1. The fourth-order valence-electron chi connectivity index (χ4n) is 5.46. The van der Waals surface area contributed by atoms with Crippen molar-refractivity contribution in [3.05, 3.63) is 12.2 Å². The van der Waals surface area contributed by atoms with Crippen LogP contribution in [-0.4, -0.2) is 11.2 Å². The van der Waals surface area contributed by atoms with Crippen LogP contribution < -0.4 is 0 Å². The third-order valence-electron chi connectivity index (χ3n) is 6.91. The van der Waals surface area contributed by atoms with Crippen LogP contribution in [0.2, 0.25) is 0 Å². The third kappa shape index (κ3) is 0.895. The van der Waals surface area contributed by atoms with E-state index in [1.807, 2.05) is 0 Å². The van der Waals surface area contributed by atoms with Crippen molar-refractivity contribution in [3.8, 4) is 0 Å². The minimum atomic E-state index is -0.247. The lowest BCUT2D eigenvalue weighted by molar-refractivity contribution is 0.0119. The minimum absolute atomic E-state index is 0.247. The highest BCUT2D eigenvalue weighted by Crippen LogP contribution is 2.76. The summed E-state index contributed by atoms with van der Waals surface area (Å²) < 4.78 is 0. The minimum Gasteiger partial charge on any atom is -0.389 e. The molecular weight excluding hydrogens is 196 g/mol. The summed E-state index contributed by atoms with van der Waals surface area (Å²) in [6.45, 7) is 11.5. The third-order valence-corrected chi connectivity index (χ3v) is 6.91. The number of aliphatic hydroxyl groups excluding tert-OH is 1. The Labute approximate surface area is 98.9 Å². The quantitative estimate of drug-likeness (QED) is 0.619. The SMILES string of the molecule is C=C1C2CC(C)(C[C@H]1O)C1(C)CCCC21C. The van der Waals surface area contributed by atoms with Gasteiger partial charge >= 0.3 is 0 Å². The molecule has 0 aliphatic heterocycles. The van der Waals surface area contributed by atoms with Crippen LogP contribution in [0.3, 0.4) is 0 Å². The highest BCUT2D eigenvalue weighted by Gasteiger charge is 2.69. The van der Waals surface area contributed by atoms with Gasteiger partial charge in [-0.3, -0.25) is 0 Å². The summed E-state index contributed by atoms with van der Waals surface area (Å²) in [6, 6.07) is 0. The van der Waals surface area contributed by atoms with Gasteiger partial charge in [0.05, 0.1) is 6.10 Å². The van der Waals surface area contributed by atoms with Gasteiger partial charge in [-0.25, -0.2) is 0 Å². The molecule has 3 rings (SSSR count). The van der Waals surface area contributed by atoms with Gasteiger partial charge in [0.15, 0.2) is 0 Å². The van der Waals surface area contributed by atoms with E-state index < -0.39 is 0 Å². The van der Waals surface area contributed by atoms with Gasteiger partial charge in [-0.1, -0.05) is 33.8 Å². The Hall–Kier alpha value is -0.300. The largest absolute Gasteiger partial charge is 0.389 e. The molecule has 2 bridgehead atoms. The van der Waals surface area contributed by atoms with E-state index in [1.54, 1.807) is 0 Å². The van der Waals surface area contributed by atoms with Gasteiger partial charge in [-0.05, 0) is 53.4 Å². The summed E-state index contributed by atoms with van der Waals surface area (Å²) in [5.74, 6) is 0.564. The van der Waals surface area contributed by atoms with Crippen LogP contribution in [0, 0.1) is 22.2 Å². The molecule has 16 heavy (non-hydrogen) atoms. The maximum Gasteiger partial charge on any atom is 0.0755 e. The number of fused-ring (bicyclic) bond motifs is 5. The van der Waals surface area contributed by atoms with Crippen LogP contribution in [0.25, 0.3) is 0 Å². The zero-order chi connectivity index (χ0) is 11.8. The lowest BCUT2D eigenvalue weighted by Crippen LogP contribution is -2.39. The molecule has 5 atom stereocenters. The number of rotatable bonds is 0. The van der Waals surface area contributed by atoms with Gasteiger partial charge in [0.1, 0.15) is 0 Å². The van der Waals surface area contributed by atoms with E-state index in [9.17, 15) is 5.11 Å². The highest BCUT2D eigenvalue weighted by atomic mass is 16.3. The Morgan fingerprint density at radius 2 is 1.88 bits per heavy atom. The van der Waals surface area contributed by atoms with Crippen molar-refractivity contribution in [2.24, 2.45) is 22.2 Å². The van der Waals surface area contributed by atoms with Crippen LogP contribution in [-0.2, 0) is 0 Å². The molecule has 0 saturated heterocycles. The van der Waals surface area contributed by atoms with E-state index in [0.29, 0.717) is 22.2 Å². The summed E-state index contributed by atoms with van der Waals surface area (Å²) in [5, 5.41) is 10.2. The number of hydrogen-bond acceptors (Lipinski definition) is 1. The van der Waals surface area contributed by atoms with E-state index in [2.05, 4.69) is 27.4 Å². The Morgan fingerprint density at radius 3 is 2.56 bits per heavy atom. The van der Waals surface area contributed by atoms with Crippen molar-refractivity contribution in [2.45, 2.75) is 59.0 Å². The van der Waals surface area contributed by atoms with Crippen molar-refractivity contribution in [1.29, 1.82) is 0 Å². The first-order valence-corrected chi connectivity index (χ1v) is 6.71. The predicted molar refractivity (Wildman–Crippen MR) is 66.0 cm³/mol. The molecule has 0 spiro atoms. The van der Waals surface area contributed by atoms with Crippen LogP contribution >= 0.6 is 0 Å². The van der Waals surface area contributed by atoms with Crippen molar-refractivity contribution >= 4 is 0 Å². The lowest BCUT2D eigenvalue weighted by atomic mass is 9.59. The maximum absolute atomic E-state index is 10.2. The van der Waals surface area contributed by atoms with Crippen molar-refractivity contribution < 1.29 is 5.11 Å². The molecule has 1 nitrogen and oxygen atoms in total. The van der Waals surface area contributed by atoms with E-state index in [0.717, 1.165) is 12.0 Å². The van der Waals surface area contributed by atoms with Crippen molar-refractivity contribution in [3.63, 3.8) is 0 Å². The number of aliphatic hydroxyl groups is 1. The average Bonchev–Trinajstić information content (AvgIpc) is 2.57. The predicted octanol–water partition coefficient (Wildman–Crippen LogP) is 3.53. The summed E-state index contributed by atoms with van der Waals surface area (Å²) in [7, 11) is 0. The van der Waals surface area contributed by atoms with E-state index in [-0.39, 0.29) is 6.10 Å². The van der Waals surface area contributed by atoms with Gasteiger partial charge in [0.25, 0.3) is 0 Å². The van der Waals surface area contributed by atoms with Gasteiger partial charge in [0.2, 0.25) is 0 Å². The molecule has 3 aliphatic rings. The van der Waals surface area contributed by atoms with Crippen LogP contribution in [0.4, 0.5) is 0 Å². The van der Waals surface area contributed by atoms with Crippen LogP contribution in [0.15, 0.2) is 12.2 Å².